The summed E-state index contributed by atoms with van der Waals surface area (Å²) in [7, 11) is 0. The monoisotopic (exact) mass is 519 g/mol. The van der Waals surface area contributed by atoms with Gasteiger partial charge < -0.3 is 20.1 Å². The van der Waals surface area contributed by atoms with Crippen molar-refractivity contribution in [1.82, 2.24) is 19.8 Å². The molecule has 1 saturated heterocycles. The van der Waals surface area contributed by atoms with E-state index in [2.05, 4.69) is 15.6 Å². The van der Waals surface area contributed by atoms with E-state index in [9.17, 15) is 9.18 Å². The molecule has 4 aromatic rings. The first kappa shape index (κ1) is 24.0. The van der Waals surface area contributed by atoms with Gasteiger partial charge in [0, 0.05) is 42.4 Å². The second kappa shape index (κ2) is 10.5. The van der Waals surface area contributed by atoms with Crippen LogP contribution in [-0.4, -0.2) is 32.0 Å². The van der Waals surface area contributed by atoms with Gasteiger partial charge in [0.05, 0.1) is 22.8 Å². The Kier molecular flexibility index (Phi) is 6.97. The number of pyridine rings is 1. The summed E-state index contributed by atoms with van der Waals surface area (Å²) >= 11 is 11.8. The molecule has 1 aliphatic rings. The second-order valence-corrected chi connectivity index (χ2v) is 9.18. The first-order chi connectivity index (χ1) is 17.5. The number of nitrogens with one attached hydrogen (secondary N) is 2. The molecule has 0 bridgehead atoms. The van der Waals surface area contributed by atoms with Crippen LogP contribution in [0, 0.1) is 5.82 Å². The third-order valence-electron chi connectivity index (χ3n) is 6.10. The number of thiocarbonyl (C=S) groups is 1. The van der Waals surface area contributed by atoms with E-state index in [1.54, 1.807) is 18.3 Å². The van der Waals surface area contributed by atoms with Crippen LogP contribution in [0.15, 0.2) is 91.3 Å². The molecule has 182 valence electrons. The molecule has 2 aromatic carbocycles. The molecule has 1 amide bonds. The normalized spacial score (nSPS) is 17.2. The van der Waals surface area contributed by atoms with E-state index < -0.39 is 5.82 Å². The van der Waals surface area contributed by atoms with E-state index in [1.807, 2.05) is 76.3 Å². The zero-order valence-corrected chi connectivity index (χ0v) is 20.7. The Labute approximate surface area is 218 Å². The Morgan fingerprint density at radius 2 is 1.89 bits per heavy atom. The third-order valence-corrected chi connectivity index (χ3v) is 6.74. The summed E-state index contributed by atoms with van der Waals surface area (Å²) in [5, 5.41) is 6.90. The lowest BCUT2D eigenvalue weighted by molar-refractivity contribution is -0.116. The van der Waals surface area contributed by atoms with Crippen molar-refractivity contribution in [3.63, 3.8) is 0 Å². The lowest BCUT2D eigenvalue weighted by atomic mass is 10.0. The van der Waals surface area contributed by atoms with Gasteiger partial charge in [-0.3, -0.25) is 9.78 Å². The van der Waals surface area contributed by atoms with Crippen LogP contribution in [0.2, 0.25) is 5.02 Å². The number of nitrogens with zero attached hydrogens (tertiary/aromatic N) is 3. The maximum Gasteiger partial charge on any atom is 0.226 e. The van der Waals surface area contributed by atoms with E-state index in [0.29, 0.717) is 11.7 Å². The minimum atomic E-state index is -0.477. The van der Waals surface area contributed by atoms with Crippen LogP contribution in [0.3, 0.4) is 0 Å². The fourth-order valence-electron chi connectivity index (χ4n) is 4.44. The molecular formula is C27H23ClFN5OS. The van der Waals surface area contributed by atoms with Crippen LogP contribution in [0.4, 0.5) is 10.1 Å². The Morgan fingerprint density at radius 3 is 2.64 bits per heavy atom. The predicted octanol–water partition coefficient (Wildman–Crippen LogP) is 5.67. The number of para-hydroxylation sites is 1. The van der Waals surface area contributed by atoms with Gasteiger partial charge in [-0.15, -0.1) is 0 Å². The number of halogens is 2. The standard InChI is InChI=1S/C27H23ClFN5OS/c28-20-17-19(11-12-21(20)29)33-15-6-10-23(33)26-25(22-9-4-5-14-30-22)32-27(36)34(26)16-13-24(35)31-18-7-2-1-3-8-18/h1-12,14-15,17,25-26H,13,16H2,(H,31,35)(H,32,36)/t25-,26-/m1/s1. The number of aromatic nitrogens is 2. The fourth-order valence-corrected chi connectivity index (χ4v) is 4.95. The number of carbonyl (C=O) groups excluding carboxylic acids is 1. The number of benzene rings is 2. The summed E-state index contributed by atoms with van der Waals surface area (Å²) in [5.41, 5.74) is 3.20. The third kappa shape index (κ3) is 4.96. The number of amides is 1. The first-order valence-corrected chi connectivity index (χ1v) is 12.3. The number of rotatable bonds is 7. The van der Waals surface area contributed by atoms with Crippen LogP contribution in [0.25, 0.3) is 5.69 Å². The van der Waals surface area contributed by atoms with Gasteiger partial charge in [0.1, 0.15) is 5.82 Å². The molecule has 1 aliphatic heterocycles. The van der Waals surface area contributed by atoms with Crippen molar-refractivity contribution >= 4 is 40.5 Å². The predicted molar refractivity (Wildman–Crippen MR) is 143 cm³/mol. The number of anilines is 1. The summed E-state index contributed by atoms with van der Waals surface area (Å²) in [6, 6.07) is 23.1. The average Bonchev–Trinajstić information content (AvgIpc) is 3.50. The summed E-state index contributed by atoms with van der Waals surface area (Å²) in [6.07, 6.45) is 3.88. The molecule has 36 heavy (non-hydrogen) atoms. The SMILES string of the molecule is O=C(CCN1C(=S)N[C@H](c2ccccn2)[C@H]1c1cccn1-c1ccc(F)c(Cl)c1)Nc1ccccc1. The second-order valence-electron chi connectivity index (χ2n) is 8.39. The van der Waals surface area contributed by atoms with Crippen LogP contribution in [0.1, 0.15) is 29.9 Å². The summed E-state index contributed by atoms with van der Waals surface area (Å²) in [4.78, 5) is 19.3. The Morgan fingerprint density at radius 1 is 1.08 bits per heavy atom. The molecule has 0 saturated carbocycles. The molecule has 0 unspecified atom stereocenters. The molecule has 5 rings (SSSR count). The highest BCUT2D eigenvalue weighted by Crippen LogP contribution is 2.39. The topological polar surface area (TPSA) is 62.2 Å². The highest BCUT2D eigenvalue weighted by molar-refractivity contribution is 7.80. The molecule has 0 radical (unpaired) electrons. The van der Waals surface area contributed by atoms with E-state index in [-0.39, 0.29) is 29.4 Å². The minimum Gasteiger partial charge on any atom is -0.352 e. The smallest absolute Gasteiger partial charge is 0.226 e. The zero-order valence-electron chi connectivity index (χ0n) is 19.1. The maximum atomic E-state index is 13.8. The van der Waals surface area contributed by atoms with Gasteiger partial charge in [-0.2, -0.15) is 0 Å². The Bertz CT molecular complexity index is 1380. The largest absolute Gasteiger partial charge is 0.352 e. The van der Waals surface area contributed by atoms with Gasteiger partial charge in [0.2, 0.25) is 5.91 Å². The minimum absolute atomic E-state index is 0.0444. The van der Waals surface area contributed by atoms with Crippen molar-refractivity contribution in [3.8, 4) is 5.69 Å². The molecule has 9 heteroatoms. The van der Waals surface area contributed by atoms with Gasteiger partial charge in [0.25, 0.3) is 0 Å². The van der Waals surface area contributed by atoms with Crippen LogP contribution in [0.5, 0.6) is 0 Å². The van der Waals surface area contributed by atoms with Crippen LogP contribution >= 0.6 is 23.8 Å². The van der Waals surface area contributed by atoms with Crippen LogP contribution in [-0.2, 0) is 4.79 Å². The number of hydrogen-bond donors (Lipinski definition) is 2. The van der Waals surface area contributed by atoms with E-state index in [0.717, 1.165) is 22.8 Å². The van der Waals surface area contributed by atoms with Crippen molar-refractivity contribution in [2.24, 2.45) is 0 Å². The molecule has 0 spiro atoms. The highest BCUT2D eigenvalue weighted by Gasteiger charge is 2.41. The van der Waals surface area contributed by atoms with Crippen molar-refractivity contribution in [2.45, 2.75) is 18.5 Å². The molecule has 2 N–H and O–H groups in total. The molecule has 2 atom stereocenters. The zero-order chi connectivity index (χ0) is 25.1. The fraction of sp³-hybridized carbons (Fsp3) is 0.148. The van der Waals surface area contributed by atoms with Crippen molar-refractivity contribution in [2.75, 3.05) is 11.9 Å². The highest BCUT2D eigenvalue weighted by atomic mass is 35.5. The lowest BCUT2D eigenvalue weighted by Gasteiger charge is -2.29. The number of carbonyl (C=O) groups is 1. The summed E-state index contributed by atoms with van der Waals surface area (Å²) < 4.78 is 15.8. The first-order valence-electron chi connectivity index (χ1n) is 11.5. The average molecular weight is 520 g/mol. The molecule has 3 heterocycles. The molecule has 0 aliphatic carbocycles. The van der Waals surface area contributed by atoms with Gasteiger partial charge in [-0.05, 0) is 66.8 Å². The van der Waals surface area contributed by atoms with Crippen molar-refractivity contribution < 1.29 is 9.18 Å². The van der Waals surface area contributed by atoms with E-state index in [4.69, 9.17) is 23.8 Å². The summed E-state index contributed by atoms with van der Waals surface area (Å²) in [5.74, 6) is -0.583. The molecule has 1 fully saturated rings. The van der Waals surface area contributed by atoms with Gasteiger partial charge in [-0.1, -0.05) is 35.9 Å². The van der Waals surface area contributed by atoms with Gasteiger partial charge in [0.15, 0.2) is 5.11 Å². The Balaban J connectivity index is 1.46. The van der Waals surface area contributed by atoms with Crippen molar-refractivity contribution in [1.29, 1.82) is 0 Å². The van der Waals surface area contributed by atoms with Gasteiger partial charge >= 0.3 is 0 Å². The molecule has 2 aromatic heterocycles. The molecular weight excluding hydrogens is 497 g/mol. The van der Waals surface area contributed by atoms with E-state index in [1.165, 1.54) is 6.07 Å². The van der Waals surface area contributed by atoms with E-state index >= 15 is 0 Å². The quantitative estimate of drug-likeness (QED) is 0.308. The summed E-state index contributed by atoms with van der Waals surface area (Å²) in [6.45, 7) is 0.397. The van der Waals surface area contributed by atoms with Gasteiger partial charge in [-0.25, -0.2) is 4.39 Å². The lowest BCUT2D eigenvalue weighted by Crippen LogP contribution is -2.33. The molecule has 6 nitrogen and oxygen atoms in total. The Hall–Kier alpha value is -3.75. The maximum absolute atomic E-state index is 13.8. The number of hydrogen-bond acceptors (Lipinski definition) is 3. The van der Waals surface area contributed by atoms with Crippen LogP contribution < -0.4 is 10.6 Å². The van der Waals surface area contributed by atoms with Crippen molar-refractivity contribution in [3.05, 3.63) is 113 Å².